The van der Waals surface area contributed by atoms with Crippen molar-refractivity contribution in [2.45, 2.75) is 44.8 Å². The van der Waals surface area contributed by atoms with Crippen molar-refractivity contribution >= 4 is 23.4 Å². The van der Waals surface area contributed by atoms with Crippen molar-refractivity contribution < 1.29 is 14.0 Å². The molecule has 0 saturated carbocycles. The van der Waals surface area contributed by atoms with E-state index in [1.165, 1.54) is 12.1 Å². The van der Waals surface area contributed by atoms with Crippen molar-refractivity contribution in [3.8, 4) is 0 Å². The predicted molar refractivity (Wildman–Crippen MR) is 86.4 cm³/mol. The highest BCUT2D eigenvalue weighted by molar-refractivity contribution is 6.30. The van der Waals surface area contributed by atoms with Crippen LogP contribution < -0.4 is 11.1 Å². The van der Waals surface area contributed by atoms with Crippen molar-refractivity contribution in [3.05, 3.63) is 34.6 Å². The van der Waals surface area contributed by atoms with Gasteiger partial charge in [0.1, 0.15) is 5.82 Å². The van der Waals surface area contributed by atoms with Gasteiger partial charge in [-0.2, -0.15) is 0 Å². The predicted octanol–water partition coefficient (Wildman–Crippen LogP) is 1.99. The summed E-state index contributed by atoms with van der Waals surface area (Å²) < 4.78 is 13.9. The lowest BCUT2D eigenvalue weighted by Crippen LogP contribution is -2.47. The van der Waals surface area contributed by atoms with Gasteiger partial charge < -0.3 is 16.0 Å². The number of carbonyl (C=O) groups excluding carboxylic acids is 2. The van der Waals surface area contributed by atoms with Gasteiger partial charge in [0.15, 0.2) is 0 Å². The largest absolute Gasteiger partial charge is 0.369 e. The lowest BCUT2D eigenvalue weighted by molar-refractivity contribution is -0.133. The first-order chi connectivity index (χ1) is 10.6. The van der Waals surface area contributed by atoms with Crippen LogP contribution in [0, 0.1) is 5.82 Å². The molecule has 3 N–H and O–H groups in total. The second-order valence-corrected chi connectivity index (χ2v) is 7.12. The Labute approximate surface area is 140 Å². The molecule has 0 spiro atoms. The Bertz CT molecular complexity index is 630. The molecule has 2 atom stereocenters. The van der Waals surface area contributed by atoms with Gasteiger partial charge in [-0.1, -0.05) is 17.7 Å². The van der Waals surface area contributed by atoms with E-state index in [-0.39, 0.29) is 29.9 Å². The second kappa shape index (κ2) is 6.45. The molecule has 126 valence electrons. The van der Waals surface area contributed by atoms with E-state index in [9.17, 15) is 14.0 Å². The Balaban J connectivity index is 2.41. The SMILES string of the molecule is CC(C)(C)N1C(=O)CC(NCC(N)=O)C1c1ccc(Cl)c(F)c1. The summed E-state index contributed by atoms with van der Waals surface area (Å²) in [4.78, 5) is 25.2. The summed E-state index contributed by atoms with van der Waals surface area (Å²) in [6, 6.07) is 3.79. The van der Waals surface area contributed by atoms with E-state index in [1.807, 2.05) is 20.8 Å². The van der Waals surface area contributed by atoms with Crippen LogP contribution in [-0.2, 0) is 9.59 Å². The average molecular weight is 342 g/mol. The lowest BCUT2D eigenvalue weighted by Gasteiger charge is -2.39. The Morgan fingerprint density at radius 3 is 2.65 bits per heavy atom. The maximum Gasteiger partial charge on any atom is 0.231 e. The smallest absolute Gasteiger partial charge is 0.231 e. The van der Waals surface area contributed by atoms with Gasteiger partial charge in [-0.3, -0.25) is 9.59 Å². The number of amides is 2. The molecule has 0 aromatic heterocycles. The van der Waals surface area contributed by atoms with Crippen LogP contribution in [0.4, 0.5) is 4.39 Å². The van der Waals surface area contributed by atoms with Crippen molar-refractivity contribution in [3.63, 3.8) is 0 Å². The van der Waals surface area contributed by atoms with Crippen LogP contribution >= 0.6 is 11.6 Å². The summed E-state index contributed by atoms with van der Waals surface area (Å²) in [7, 11) is 0. The molecule has 7 heteroatoms. The second-order valence-electron chi connectivity index (χ2n) is 6.71. The molecule has 1 aliphatic heterocycles. The molecular weight excluding hydrogens is 321 g/mol. The third kappa shape index (κ3) is 3.82. The Kier molecular flexibility index (Phi) is 4.96. The van der Waals surface area contributed by atoms with E-state index >= 15 is 0 Å². The average Bonchev–Trinajstić information content (AvgIpc) is 2.76. The van der Waals surface area contributed by atoms with Gasteiger partial charge in [-0.25, -0.2) is 4.39 Å². The van der Waals surface area contributed by atoms with Crippen LogP contribution in [0.3, 0.4) is 0 Å². The molecule has 2 rings (SSSR count). The van der Waals surface area contributed by atoms with Crippen molar-refractivity contribution in [2.75, 3.05) is 6.54 Å². The number of nitrogens with zero attached hydrogens (tertiary/aromatic N) is 1. The maximum atomic E-state index is 13.9. The number of hydrogen-bond donors (Lipinski definition) is 2. The van der Waals surface area contributed by atoms with Gasteiger partial charge in [-0.15, -0.1) is 0 Å². The van der Waals surface area contributed by atoms with E-state index in [0.717, 1.165) is 0 Å². The highest BCUT2D eigenvalue weighted by atomic mass is 35.5. The Morgan fingerprint density at radius 1 is 1.48 bits per heavy atom. The molecule has 1 fully saturated rings. The Morgan fingerprint density at radius 2 is 2.13 bits per heavy atom. The normalized spacial score (nSPS) is 21.8. The molecule has 0 aliphatic carbocycles. The standard InChI is InChI=1S/C16H21ClFN3O2/c1-16(2,3)21-14(23)7-12(20-8-13(19)22)15(21)9-4-5-10(17)11(18)6-9/h4-6,12,15,20H,7-8H2,1-3H3,(H2,19,22). The maximum absolute atomic E-state index is 13.9. The fourth-order valence-corrected chi connectivity index (χ4v) is 3.14. The van der Waals surface area contributed by atoms with Crippen LogP contribution in [0.15, 0.2) is 18.2 Å². The first-order valence-electron chi connectivity index (χ1n) is 7.40. The molecule has 5 nitrogen and oxygen atoms in total. The fourth-order valence-electron chi connectivity index (χ4n) is 3.02. The first-order valence-corrected chi connectivity index (χ1v) is 7.78. The van der Waals surface area contributed by atoms with Crippen molar-refractivity contribution in [1.29, 1.82) is 0 Å². The van der Waals surface area contributed by atoms with Crippen LogP contribution in [0.2, 0.25) is 5.02 Å². The number of nitrogens with one attached hydrogen (secondary N) is 1. The number of benzene rings is 1. The van der Waals surface area contributed by atoms with Crippen molar-refractivity contribution in [2.24, 2.45) is 5.73 Å². The van der Waals surface area contributed by atoms with E-state index in [1.54, 1.807) is 11.0 Å². The number of hydrogen-bond acceptors (Lipinski definition) is 3. The molecule has 1 saturated heterocycles. The van der Waals surface area contributed by atoms with E-state index in [0.29, 0.717) is 5.56 Å². The lowest BCUT2D eigenvalue weighted by atomic mass is 9.96. The molecule has 2 unspecified atom stereocenters. The zero-order chi connectivity index (χ0) is 17.4. The summed E-state index contributed by atoms with van der Waals surface area (Å²) in [5.74, 6) is -1.10. The minimum Gasteiger partial charge on any atom is -0.369 e. The molecular formula is C16H21ClFN3O2. The first kappa shape index (κ1) is 17.7. The summed E-state index contributed by atoms with van der Waals surface area (Å²) in [6.07, 6.45) is 0.222. The van der Waals surface area contributed by atoms with Gasteiger partial charge in [0.05, 0.1) is 17.6 Å². The monoisotopic (exact) mass is 341 g/mol. The molecule has 1 aliphatic rings. The Hall–Kier alpha value is -1.66. The number of carbonyl (C=O) groups is 2. The van der Waals surface area contributed by atoms with Gasteiger partial charge in [-0.05, 0) is 38.5 Å². The molecule has 1 aromatic rings. The van der Waals surface area contributed by atoms with Gasteiger partial charge >= 0.3 is 0 Å². The van der Waals surface area contributed by atoms with Crippen molar-refractivity contribution in [1.82, 2.24) is 10.2 Å². The molecule has 23 heavy (non-hydrogen) atoms. The summed E-state index contributed by atoms with van der Waals surface area (Å²) >= 11 is 5.75. The van der Waals surface area contributed by atoms with E-state index in [2.05, 4.69) is 5.32 Å². The van der Waals surface area contributed by atoms with E-state index < -0.39 is 23.3 Å². The zero-order valence-corrected chi connectivity index (χ0v) is 14.2. The highest BCUT2D eigenvalue weighted by Gasteiger charge is 2.45. The third-order valence-corrected chi connectivity index (χ3v) is 4.18. The number of nitrogens with two attached hydrogens (primary N) is 1. The molecule has 0 bridgehead atoms. The van der Waals surface area contributed by atoms with Crippen LogP contribution in [-0.4, -0.2) is 34.8 Å². The fraction of sp³-hybridized carbons (Fsp3) is 0.500. The number of likely N-dealkylation sites (tertiary alicyclic amines) is 1. The minimum atomic E-state index is -0.536. The topological polar surface area (TPSA) is 75.4 Å². The van der Waals surface area contributed by atoms with Gasteiger partial charge in [0, 0.05) is 18.0 Å². The quantitative estimate of drug-likeness (QED) is 0.879. The molecule has 2 amide bonds. The highest BCUT2D eigenvalue weighted by Crippen LogP contribution is 2.39. The van der Waals surface area contributed by atoms with E-state index in [4.69, 9.17) is 17.3 Å². The minimum absolute atomic E-state index is 0.0297. The summed E-state index contributed by atoms with van der Waals surface area (Å²) in [5.41, 5.74) is 5.37. The summed E-state index contributed by atoms with van der Waals surface area (Å²) in [6.45, 7) is 5.71. The number of rotatable bonds is 4. The van der Waals surface area contributed by atoms with Gasteiger partial charge in [0.2, 0.25) is 11.8 Å². The third-order valence-electron chi connectivity index (χ3n) is 3.87. The number of primary amides is 1. The number of halogens is 2. The van der Waals surface area contributed by atoms with Crippen LogP contribution in [0.25, 0.3) is 0 Å². The zero-order valence-electron chi connectivity index (χ0n) is 13.4. The molecule has 0 radical (unpaired) electrons. The van der Waals surface area contributed by atoms with Gasteiger partial charge in [0.25, 0.3) is 0 Å². The van der Waals surface area contributed by atoms with Crippen LogP contribution in [0.5, 0.6) is 0 Å². The summed E-state index contributed by atoms with van der Waals surface area (Å²) in [5, 5.41) is 3.03. The molecule has 1 aromatic carbocycles. The molecule has 1 heterocycles. The van der Waals surface area contributed by atoms with Crippen LogP contribution in [0.1, 0.15) is 38.8 Å².